The molecule has 3 aromatic heterocycles. The first kappa shape index (κ1) is 25.9. The predicted molar refractivity (Wildman–Crippen MR) is 140 cm³/mol. The van der Waals surface area contributed by atoms with Gasteiger partial charge in [0.05, 0.1) is 38.5 Å². The van der Waals surface area contributed by atoms with Crippen molar-refractivity contribution in [1.82, 2.24) is 19.5 Å². The number of esters is 1. The zero-order chi connectivity index (χ0) is 26.0. The van der Waals surface area contributed by atoms with Crippen LogP contribution in [0.5, 0.6) is 11.5 Å². The fourth-order valence-corrected chi connectivity index (χ4v) is 4.66. The summed E-state index contributed by atoms with van der Waals surface area (Å²) < 4.78 is 13.3. The van der Waals surface area contributed by atoms with E-state index in [1.54, 1.807) is 20.0 Å². The van der Waals surface area contributed by atoms with Gasteiger partial charge >= 0.3 is 5.97 Å². The molecule has 3 heterocycles. The number of terminal acetylenes is 1. The quantitative estimate of drug-likeness (QED) is 0.212. The number of thiazole rings is 1. The number of rotatable bonds is 7. The van der Waals surface area contributed by atoms with Crippen molar-refractivity contribution in [2.24, 2.45) is 5.92 Å². The summed E-state index contributed by atoms with van der Waals surface area (Å²) in [6, 6.07) is 3.04. The van der Waals surface area contributed by atoms with Crippen LogP contribution in [0, 0.1) is 18.3 Å². The highest BCUT2D eigenvalue weighted by atomic mass is 35.5. The van der Waals surface area contributed by atoms with E-state index in [4.69, 9.17) is 50.7 Å². The molecule has 0 saturated heterocycles. The van der Waals surface area contributed by atoms with E-state index in [0.29, 0.717) is 9.34 Å². The Balaban J connectivity index is 2.04. The Bertz CT molecular complexity index is 1580. The van der Waals surface area contributed by atoms with Crippen LogP contribution in [-0.4, -0.2) is 25.5 Å². The van der Waals surface area contributed by atoms with Crippen molar-refractivity contribution in [2.75, 3.05) is 0 Å². The summed E-state index contributed by atoms with van der Waals surface area (Å²) in [7, 11) is 0. The molecular formula is C24H17Cl3N4O4S. The second-order valence-corrected chi connectivity index (χ2v) is 10.2. The molecule has 12 heteroatoms. The number of aromatic nitrogens is 4. The normalized spacial score (nSPS) is 11.0. The minimum atomic E-state index is -0.609. The van der Waals surface area contributed by atoms with Crippen LogP contribution >= 0.6 is 46.1 Å². The fourth-order valence-electron chi connectivity index (χ4n) is 3.31. The molecule has 0 aliphatic heterocycles. The summed E-state index contributed by atoms with van der Waals surface area (Å²) in [5, 5.41) is 0.305. The predicted octanol–water partition coefficient (Wildman–Crippen LogP) is 5.65. The molecule has 0 atom stereocenters. The second-order valence-electron chi connectivity index (χ2n) is 7.71. The molecule has 8 nitrogen and oxygen atoms in total. The lowest BCUT2D eigenvalue weighted by molar-refractivity contribution is -0.137. The zero-order valence-electron chi connectivity index (χ0n) is 18.9. The maximum absolute atomic E-state index is 13.9. The van der Waals surface area contributed by atoms with Gasteiger partial charge in [-0.2, -0.15) is 0 Å². The number of fused-ring (bicyclic) bond motifs is 1. The number of benzene rings is 1. The van der Waals surface area contributed by atoms with E-state index in [-0.39, 0.29) is 57.0 Å². The molecular weight excluding hydrogens is 547 g/mol. The molecule has 0 N–H and O–H groups in total. The number of carbonyl (C=O) groups excluding carboxylic acids is 1. The number of hydrogen-bond donors (Lipinski definition) is 0. The van der Waals surface area contributed by atoms with Gasteiger partial charge in [-0.1, -0.05) is 54.6 Å². The number of pyridine rings is 1. The van der Waals surface area contributed by atoms with E-state index in [1.165, 1.54) is 40.4 Å². The lowest BCUT2D eigenvalue weighted by Crippen LogP contribution is -2.26. The van der Waals surface area contributed by atoms with Crippen molar-refractivity contribution in [2.45, 2.75) is 27.0 Å². The average Bonchev–Trinajstić information content (AvgIpc) is 3.27. The van der Waals surface area contributed by atoms with Crippen LogP contribution in [0.15, 0.2) is 35.5 Å². The Morgan fingerprint density at radius 3 is 2.50 bits per heavy atom. The van der Waals surface area contributed by atoms with Crippen molar-refractivity contribution < 1.29 is 14.3 Å². The van der Waals surface area contributed by atoms with Gasteiger partial charge in [0, 0.05) is 18.6 Å². The van der Waals surface area contributed by atoms with Crippen molar-refractivity contribution in [3.8, 4) is 35.0 Å². The van der Waals surface area contributed by atoms with E-state index >= 15 is 0 Å². The first-order valence-electron chi connectivity index (χ1n) is 10.5. The van der Waals surface area contributed by atoms with E-state index < -0.39 is 17.4 Å². The third kappa shape index (κ3) is 5.04. The lowest BCUT2D eigenvalue weighted by atomic mass is 10.0. The van der Waals surface area contributed by atoms with Gasteiger partial charge in [0.1, 0.15) is 17.9 Å². The maximum atomic E-state index is 13.9. The first-order valence-corrected chi connectivity index (χ1v) is 12.4. The van der Waals surface area contributed by atoms with E-state index in [0.717, 1.165) is 0 Å². The van der Waals surface area contributed by atoms with Gasteiger partial charge in [0.15, 0.2) is 15.9 Å². The highest BCUT2D eigenvalue weighted by molar-refractivity contribution is 7.15. The zero-order valence-corrected chi connectivity index (χ0v) is 22.0. The van der Waals surface area contributed by atoms with Crippen LogP contribution in [0.4, 0.5) is 0 Å². The van der Waals surface area contributed by atoms with E-state index in [2.05, 4.69) is 20.9 Å². The Morgan fingerprint density at radius 1 is 1.11 bits per heavy atom. The number of ether oxygens (including phenoxy) is 2. The molecule has 4 aromatic rings. The van der Waals surface area contributed by atoms with Gasteiger partial charge in [-0.15, -0.1) is 17.8 Å². The third-order valence-electron chi connectivity index (χ3n) is 4.95. The van der Waals surface area contributed by atoms with Crippen molar-refractivity contribution in [3.05, 3.63) is 60.5 Å². The number of nitrogens with zero attached hydrogens (tertiary/aromatic N) is 4. The Kier molecular flexibility index (Phi) is 7.81. The molecule has 4 rings (SSSR count). The first-order chi connectivity index (χ1) is 17.2. The standard InChI is InChI=1S/C24H17Cl3N4O4S/c1-4-9-31-21-18(28-7-8-29-21)20(35-23(33)12(2)3)17(22(31)32)16-14(25)5-6-15(26)19(16)34-11-13-10-30-24(27)36-13/h1,5-8,10,12H,9,11H2,2-3H3. The summed E-state index contributed by atoms with van der Waals surface area (Å²) in [5.74, 6) is 1.34. The molecule has 0 amide bonds. The van der Waals surface area contributed by atoms with Crippen molar-refractivity contribution in [3.63, 3.8) is 0 Å². The summed E-state index contributed by atoms with van der Waals surface area (Å²) in [4.78, 5) is 39.8. The summed E-state index contributed by atoms with van der Waals surface area (Å²) in [6.45, 7) is 3.25. The van der Waals surface area contributed by atoms with Crippen LogP contribution in [0.2, 0.25) is 14.5 Å². The van der Waals surface area contributed by atoms with Crippen LogP contribution in [0.1, 0.15) is 18.7 Å². The highest BCUT2D eigenvalue weighted by Crippen LogP contribution is 2.45. The van der Waals surface area contributed by atoms with Crippen molar-refractivity contribution >= 4 is 63.3 Å². The minimum absolute atomic E-state index is 0.0461. The number of hydrogen-bond acceptors (Lipinski definition) is 8. The smallest absolute Gasteiger partial charge is 0.313 e. The number of halogens is 3. The van der Waals surface area contributed by atoms with Gasteiger partial charge in [0.2, 0.25) is 0 Å². The fraction of sp³-hybridized carbons (Fsp3) is 0.208. The average molecular weight is 564 g/mol. The van der Waals surface area contributed by atoms with E-state index in [1.807, 2.05) is 0 Å². The topological polar surface area (TPSA) is 96.2 Å². The lowest BCUT2D eigenvalue weighted by Gasteiger charge is -2.19. The molecule has 1 aromatic carbocycles. The van der Waals surface area contributed by atoms with Crippen LogP contribution in [0.3, 0.4) is 0 Å². The van der Waals surface area contributed by atoms with Crippen molar-refractivity contribution in [1.29, 1.82) is 0 Å². The van der Waals surface area contributed by atoms with E-state index in [9.17, 15) is 9.59 Å². The molecule has 0 aliphatic carbocycles. The molecule has 0 unspecified atom stereocenters. The molecule has 0 spiro atoms. The summed E-state index contributed by atoms with van der Waals surface area (Å²) in [5.41, 5.74) is -0.280. The monoisotopic (exact) mass is 562 g/mol. The van der Waals surface area contributed by atoms with Crippen LogP contribution in [-0.2, 0) is 17.9 Å². The van der Waals surface area contributed by atoms with Gasteiger partial charge in [-0.05, 0) is 12.1 Å². The Hall–Kier alpha value is -3.16. The maximum Gasteiger partial charge on any atom is 0.313 e. The third-order valence-corrected chi connectivity index (χ3v) is 6.65. The molecule has 0 saturated carbocycles. The van der Waals surface area contributed by atoms with Gasteiger partial charge in [-0.3, -0.25) is 14.2 Å². The van der Waals surface area contributed by atoms with Gasteiger partial charge in [0.25, 0.3) is 5.56 Å². The molecule has 0 bridgehead atoms. The second kappa shape index (κ2) is 10.8. The molecule has 184 valence electrons. The number of carbonyl (C=O) groups is 1. The Labute approximate surface area is 224 Å². The van der Waals surface area contributed by atoms with Crippen LogP contribution in [0.25, 0.3) is 22.3 Å². The SMILES string of the molecule is C#CCn1c(=O)c(-c2c(Cl)ccc(Cl)c2OCc2cnc(Cl)s2)c(OC(=O)C(C)C)c2nccnc21. The van der Waals surface area contributed by atoms with Crippen LogP contribution < -0.4 is 15.0 Å². The molecule has 0 fully saturated rings. The molecule has 0 aliphatic rings. The molecule has 36 heavy (non-hydrogen) atoms. The highest BCUT2D eigenvalue weighted by Gasteiger charge is 2.29. The largest absolute Gasteiger partial charge is 0.486 e. The summed E-state index contributed by atoms with van der Waals surface area (Å²) in [6.07, 6.45) is 9.91. The van der Waals surface area contributed by atoms with Gasteiger partial charge < -0.3 is 9.47 Å². The Morgan fingerprint density at radius 2 is 1.83 bits per heavy atom. The van der Waals surface area contributed by atoms with Gasteiger partial charge in [-0.25, -0.2) is 15.0 Å². The molecule has 0 radical (unpaired) electrons. The minimum Gasteiger partial charge on any atom is -0.486 e. The summed E-state index contributed by atoms with van der Waals surface area (Å²) >= 11 is 20.3.